The number of benzene rings is 1. The molecule has 0 unspecified atom stereocenters. The third-order valence-electron chi connectivity index (χ3n) is 3.19. The molecule has 0 spiro atoms. The summed E-state index contributed by atoms with van der Waals surface area (Å²) < 4.78 is 24.9. The minimum Gasteiger partial charge on any atom is -0.389 e. The first-order chi connectivity index (χ1) is 9.40. The van der Waals surface area contributed by atoms with Crippen molar-refractivity contribution in [3.8, 4) is 0 Å². The van der Waals surface area contributed by atoms with Gasteiger partial charge in [0.1, 0.15) is 4.99 Å². The van der Waals surface area contributed by atoms with Crippen molar-refractivity contribution >= 4 is 27.2 Å². The van der Waals surface area contributed by atoms with Crippen LogP contribution in [0.2, 0.25) is 0 Å². The molecule has 6 nitrogen and oxygen atoms in total. The maximum Gasteiger partial charge on any atom is 0.254 e. The lowest BCUT2D eigenvalue weighted by Gasteiger charge is -2.32. The fourth-order valence-corrected chi connectivity index (χ4v) is 3.61. The Balaban J connectivity index is 2.21. The van der Waals surface area contributed by atoms with Crippen LogP contribution in [0.5, 0.6) is 0 Å². The SMILES string of the molecule is CN1CCN(NS(=O)(=O)c2ccccc2C(N)=S)CC1. The van der Waals surface area contributed by atoms with Crippen LogP contribution in [0.15, 0.2) is 29.2 Å². The molecule has 1 saturated heterocycles. The molecule has 1 fully saturated rings. The number of hydrazine groups is 1. The number of hydrogen-bond acceptors (Lipinski definition) is 5. The number of likely N-dealkylation sites (N-methyl/N-ethyl adjacent to an activating group) is 1. The van der Waals surface area contributed by atoms with Crippen LogP contribution in [0.1, 0.15) is 5.56 Å². The average molecular weight is 314 g/mol. The molecule has 1 aromatic rings. The van der Waals surface area contributed by atoms with Gasteiger partial charge in [0, 0.05) is 31.7 Å². The number of rotatable bonds is 4. The van der Waals surface area contributed by atoms with Crippen molar-refractivity contribution in [3.05, 3.63) is 29.8 Å². The first-order valence-corrected chi connectivity index (χ1v) is 8.14. The molecule has 8 heteroatoms. The van der Waals surface area contributed by atoms with E-state index in [9.17, 15) is 8.42 Å². The van der Waals surface area contributed by atoms with Crippen molar-refractivity contribution in [1.82, 2.24) is 14.7 Å². The van der Waals surface area contributed by atoms with E-state index < -0.39 is 10.0 Å². The van der Waals surface area contributed by atoms with Crippen LogP contribution in [0, 0.1) is 0 Å². The van der Waals surface area contributed by atoms with Gasteiger partial charge < -0.3 is 10.6 Å². The Labute approximate surface area is 124 Å². The Bertz CT molecular complexity index is 595. The first-order valence-electron chi connectivity index (χ1n) is 6.25. The summed E-state index contributed by atoms with van der Waals surface area (Å²) in [5, 5.41) is 1.70. The highest BCUT2D eigenvalue weighted by Crippen LogP contribution is 2.15. The quantitative estimate of drug-likeness (QED) is 0.747. The molecule has 0 amide bonds. The maximum absolute atomic E-state index is 12.4. The van der Waals surface area contributed by atoms with Crippen molar-refractivity contribution in [1.29, 1.82) is 0 Å². The van der Waals surface area contributed by atoms with Crippen LogP contribution in [0.4, 0.5) is 0 Å². The van der Waals surface area contributed by atoms with Gasteiger partial charge in [-0.1, -0.05) is 30.4 Å². The smallest absolute Gasteiger partial charge is 0.254 e. The lowest BCUT2D eigenvalue weighted by Crippen LogP contribution is -2.52. The average Bonchev–Trinajstić information content (AvgIpc) is 2.41. The molecule has 0 saturated carbocycles. The summed E-state index contributed by atoms with van der Waals surface area (Å²) >= 11 is 4.90. The van der Waals surface area contributed by atoms with Gasteiger partial charge in [0.2, 0.25) is 0 Å². The van der Waals surface area contributed by atoms with E-state index in [4.69, 9.17) is 18.0 Å². The summed E-state index contributed by atoms with van der Waals surface area (Å²) in [6.45, 7) is 2.93. The highest BCUT2D eigenvalue weighted by Gasteiger charge is 2.24. The molecule has 20 heavy (non-hydrogen) atoms. The van der Waals surface area contributed by atoms with Gasteiger partial charge in [0.25, 0.3) is 10.0 Å². The number of nitrogens with two attached hydrogens (primary N) is 1. The van der Waals surface area contributed by atoms with E-state index in [2.05, 4.69) is 9.73 Å². The summed E-state index contributed by atoms with van der Waals surface area (Å²) in [7, 11) is -1.66. The molecule has 0 aromatic heterocycles. The molecule has 1 aromatic carbocycles. The second-order valence-corrected chi connectivity index (χ2v) is 6.81. The minimum absolute atomic E-state index is 0.0735. The fraction of sp³-hybridized carbons (Fsp3) is 0.417. The number of hydrogen-bond donors (Lipinski definition) is 2. The third-order valence-corrected chi connectivity index (χ3v) is 4.85. The predicted molar refractivity (Wildman–Crippen MR) is 81.7 cm³/mol. The molecule has 0 bridgehead atoms. The van der Waals surface area contributed by atoms with Crippen LogP contribution in [0.25, 0.3) is 0 Å². The highest BCUT2D eigenvalue weighted by atomic mass is 32.2. The molecule has 1 aliphatic rings. The van der Waals surface area contributed by atoms with Gasteiger partial charge in [0.15, 0.2) is 0 Å². The minimum atomic E-state index is -3.66. The maximum atomic E-state index is 12.4. The summed E-state index contributed by atoms with van der Waals surface area (Å²) in [6, 6.07) is 6.48. The molecular weight excluding hydrogens is 296 g/mol. The van der Waals surface area contributed by atoms with Crippen LogP contribution in [-0.2, 0) is 10.0 Å². The molecule has 0 aliphatic carbocycles. The van der Waals surface area contributed by atoms with Crippen LogP contribution in [0.3, 0.4) is 0 Å². The van der Waals surface area contributed by atoms with E-state index in [1.54, 1.807) is 23.2 Å². The lowest BCUT2D eigenvalue weighted by atomic mass is 10.2. The Morgan fingerprint density at radius 2 is 1.85 bits per heavy atom. The highest BCUT2D eigenvalue weighted by molar-refractivity contribution is 7.89. The molecule has 110 valence electrons. The van der Waals surface area contributed by atoms with E-state index in [1.807, 2.05) is 7.05 Å². The van der Waals surface area contributed by atoms with Gasteiger partial charge in [-0.25, -0.2) is 13.4 Å². The molecule has 2 rings (SSSR count). The second-order valence-electron chi connectivity index (χ2n) is 4.75. The summed E-state index contributed by atoms with van der Waals surface area (Å²) in [5.41, 5.74) is 5.95. The Morgan fingerprint density at radius 1 is 1.25 bits per heavy atom. The van der Waals surface area contributed by atoms with E-state index >= 15 is 0 Å². The standard InChI is InChI=1S/C12H18N4O2S2/c1-15-6-8-16(9-7-15)14-20(17,18)11-5-3-2-4-10(11)12(13)19/h2-5,14H,6-9H2,1H3,(H2,13,19). The zero-order valence-electron chi connectivity index (χ0n) is 11.2. The molecule has 1 aliphatic heterocycles. The molecule has 0 radical (unpaired) electrons. The van der Waals surface area contributed by atoms with Crippen LogP contribution < -0.4 is 10.6 Å². The topological polar surface area (TPSA) is 78.7 Å². The van der Waals surface area contributed by atoms with Gasteiger partial charge in [0.05, 0.1) is 4.90 Å². The number of sulfonamides is 1. The zero-order chi connectivity index (χ0) is 14.8. The van der Waals surface area contributed by atoms with E-state index in [0.29, 0.717) is 18.7 Å². The predicted octanol–water partition coefficient (Wildman–Crippen LogP) is -0.238. The van der Waals surface area contributed by atoms with E-state index in [1.165, 1.54) is 6.07 Å². The van der Waals surface area contributed by atoms with Gasteiger partial charge in [-0.3, -0.25) is 0 Å². The molecule has 0 atom stereocenters. The van der Waals surface area contributed by atoms with Gasteiger partial charge in [-0.2, -0.15) is 0 Å². The zero-order valence-corrected chi connectivity index (χ0v) is 12.9. The Hall–Kier alpha value is -1.06. The second kappa shape index (κ2) is 6.15. The van der Waals surface area contributed by atoms with E-state index in [0.717, 1.165) is 13.1 Å². The van der Waals surface area contributed by atoms with Crippen molar-refractivity contribution in [3.63, 3.8) is 0 Å². The summed E-state index contributed by atoms with van der Waals surface area (Å²) in [5.74, 6) is 0. The van der Waals surface area contributed by atoms with Gasteiger partial charge >= 0.3 is 0 Å². The summed E-state index contributed by atoms with van der Waals surface area (Å²) in [4.78, 5) is 4.93. The van der Waals surface area contributed by atoms with Crippen LogP contribution >= 0.6 is 12.2 Å². The molecule has 3 N–H and O–H groups in total. The Kier molecular flexibility index (Phi) is 4.71. The van der Waals surface area contributed by atoms with Crippen molar-refractivity contribution in [2.24, 2.45) is 5.73 Å². The van der Waals surface area contributed by atoms with Gasteiger partial charge in [-0.15, -0.1) is 4.83 Å². The molecule has 1 heterocycles. The Morgan fingerprint density at radius 3 is 2.45 bits per heavy atom. The number of nitrogens with zero attached hydrogens (tertiary/aromatic N) is 2. The van der Waals surface area contributed by atoms with Crippen molar-refractivity contribution in [2.75, 3.05) is 33.2 Å². The van der Waals surface area contributed by atoms with Crippen molar-refractivity contribution in [2.45, 2.75) is 4.90 Å². The van der Waals surface area contributed by atoms with Crippen molar-refractivity contribution < 1.29 is 8.42 Å². The van der Waals surface area contributed by atoms with E-state index in [-0.39, 0.29) is 9.88 Å². The number of thiocarbonyl (C=S) groups is 1. The van der Waals surface area contributed by atoms with Crippen LogP contribution in [-0.4, -0.2) is 56.5 Å². The lowest BCUT2D eigenvalue weighted by molar-refractivity contribution is 0.135. The number of piperazine rings is 1. The summed E-state index contributed by atoms with van der Waals surface area (Å²) in [6.07, 6.45) is 0. The first kappa shape index (κ1) is 15.3. The monoisotopic (exact) mass is 314 g/mol. The third kappa shape index (κ3) is 3.53. The number of nitrogens with one attached hydrogen (secondary N) is 1. The normalized spacial score (nSPS) is 18.1. The molecular formula is C12H18N4O2S2. The fourth-order valence-electron chi connectivity index (χ4n) is 2.02. The van der Waals surface area contributed by atoms with Gasteiger partial charge in [-0.05, 0) is 13.1 Å². The largest absolute Gasteiger partial charge is 0.389 e.